The van der Waals surface area contributed by atoms with Gasteiger partial charge < -0.3 is 19.2 Å². The molecular weight excluding hydrogens is 404 g/mol. The van der Waals surface area contributed by atoms with Gasteiger partial charge in [-0.05, 0) is 42.0 Å². The van der Waals surface area contributed by atoms with Crippen LogP contribution in [0.5, 0.6) is 17.2 Å². The summed E-state index contributed by atoms with van der Waals surface area (Å²) in [5.41, 5.74) is 4.82. The molecule has 7 heteroatoms. The van der Waals surface area contributed by atoms with Crippen molar-refractivity contribution in [3.05, 3.63) is 78.1 Å². The second kappa shape index (κ2) is 8.26. The number of hydrogen-bond acceptors (Lipinski definition) is 6. The van der Waals surface area contributed by atoms with Crippen molar-refractivity contribution in [1.29, 1.82) is 0 Å². The number of rotatable bonds is 6. The molecule has 0 saturated heterocycles. The largest absolute Gasteiger partial charge is 0.493 e. The fraction of sp³-hybridized carbons (Fsp3) is 0.200. The highest BCUT2D eigenvalue weighted by Crippen LogP contribution is 2.44. The summed E-state index contributed by atoms with van der Waals surface area (Å²) >= 11 is 0. The molecule has 0 spiro atoms. The fourth-order valence-electron chi connectivity index (χ4n) is 4.11. The molecule has 162 valence electrons. The molecule has 1 aliphatic rings. The van der Waals surface area contributed by atoms with Crippen molar-refractivity contribution in [2.45, 2.75) is 12.5 Å². The van der Waals surface area contributed by atoms with Crippen molar-refractivity contribution in [3.8, 4) is 17.2 Å². The van der Waals surface area contributed by atoms with Gasteiger partial charge in [0.15, 0.2) is 17.3 Å². The number of nitrogens with zero attached hydrogens (tertiary/aromatic N) is 3. The molecule has 32 heavy (non-hydrogen) atoms. The molecule has 1 atom stereocenters. The lowest BCUT2D eigenvalue weighted by Crippen LogP contribution is -2.18. The number of benzene rings is 3. The van der Waals surface area contributed by atoms with Gasteiger partial charge in [0, 0.05) is 6.42 Å². The Morgan fingerprint density at radius 1 is 0.875 bits per heavy atom. The second-order valence-corrected chi connectivity index (χ2v) is 7.51. The first kappa shape index (κ1) is 19.9. The number of para-hydroxylation sites is 3. The van der Waals surface area contributed by atoms with Gasteiger partial charge in [0.2, 0.25) is 5.75 Å². The van der Waals surface area contributed by atoms with Crippen LogP contribution in [0, 0.1) is 0 Å². The number of aromatic nitrogens is 2. The molecule has 7 nitrogen and oxygen atoms in total. The summed E-state index contributed by atoms with van der Waals surface area (Å²) in [6.45, 7) is 0. The molecule has 0 aliphatic carbocycles. The Hall–Kier alpha value is -4.00. The first-order chi connectivity index (χ1) is 15.7. The van der Waals surface area contributed by atoms with Crippen LogP contribution in [0.15, 0.2) is 71.8 Å². The number of hydrogen-bond donors (Lipinski definition) is 1. The van der Waals surface area contributed by atoms with Gasteiger partial charge in [-0.3, -0.25) is 5.01 Å². The van der Waals surface area contributed by atoms with E-state index in [4.69, 9.17) is 24.3 Å². The van der Waals surface area contributed by atoms with E-state index in [-0.39, 0.29) is 6.04 Å². The minimum atomic E-state index is -0.0608. The Morgan fingerprint density at radius 3 is 2.22 bits per heavy atom. The first-order valence-corrected chi connectivity index (χ1v) is 10.4. The van der Waals surface area contributed by atoms with E-state index < -0.39 is 0 Å². The van der Waals surface area contributed by atoms with Crippen molar-refractivity contribution in [2.75, 3.05) is 26.3 Å². The van der Waals surface area contributed by atoms with Crippen LogP contribution in [0.25, 0.3) is 11.0 Å². The van der Waals surface area contributed by atoms with Gasteiger partial charge >= 0.3 is 0 Å². The van der Waals surface area contributed by atoms with E-state index in [9.17, 15) is 0 Å². The molecule has 0 saturated carbocycles. The van der Waals surface area contributed by atoms with E-state index in [1.54, 1.807) is 21.3 Å². The Kier molecular flexibility index (Phi) is 5.15. The van der Waals surface area contributed by atoms with Gasteiger partial charge in [0.25, 0.3) is 0 Å². The number of hydrazone groups is 1. The Morgan fingerprint density at radius 2 is 1.56 bits per heavy atom. The topological polar surface area (TPSA) is 72.0 Å². The molecule has 1 aromatic heterocycles. The highest BCUT2D eigenvalue weighted by atomic mass is 16.5. The van der Waals surface area contributed by atoms with E-state index in [0.717, 1.165) is 33.8 Å². The van der Waals surface area contributed by atoms with E-state index >= 15 is 0 Å². The lowest BCUT2D eigenvalue weighted by Gasteiger charge is -2.25. The molecule has 2 heterocycles. The molecule has 1 aliphatic heterocycles. The van der Waals surface area contributed by atoms with Gasteiger partial charge in [0.05, 0.1) is 44.1 Å². The highest BCUT2D eigenvalue weighted by molar-refractivity contribution is 6.02. The van der Waals surface area contributed by atoms with Crippen molar-refractivity contribution in [3.63, 3.8) is 0 Å². The average Bonchev–Trinajstić information content (AvgIpc) is 3.48. The molecule has 0 fully saturated rings. The summed E-state index contributed by atoms with van der Waals surface area (Å²) in [5, 5.41) is 7.01. The van der Waals surface area contributed by atoms with Crippen LogP contribution in [-0.4, -0.2) is 37.0 Å². The fourth-order valence-corrected chi connectivity index (χ4v) is 4.11. The van der Waals surface area contributed by atoms with E-state index in [0.29, 0.717) is 23.7 Å². The summed E-state index contributed by atoms with van der Waals surface area (Å²) in [7, 11) is 4.86. The lowest BCUT2D eigenvalue weighted by molar-refractivity contribution is 0.323. The summed E-state index contributed by atoms with van der Waals surface area (Å²) < 4.78 is 16.7. The SMILES string of the molecule is COc1cc(C2CC(c3nc4ccccc4[nH]3)=NN2c2ccccc2)cc(OC)c1OC. The number of methoxy groups -OCH3 is 3. The Bertz CT molecular complexity index is 1220. The molecule has 4 aromatic rings. The monoisotopic (exact) mass is 428 g/mol. The number of aromatic amines is 1. The van der Waals surface area contributed by atoms with Gasteiger partial charge in [0.1, 0.15) is 5.71 Å². The number of imidazole rings is 1. The Balaban J connectivity index is 1.60. The van der Waals surface area contributed by atoms with Crippen molar-refractivity contribution in [2.24, 2.45) is 5.10 Å². The molecule has 1 unspecified atom stereocenters. The van der Waals surface area contributed by atoms with Gasteiger partial charge in [-0.2, -0.15) is 5.10 Å². The maximum Gasteiger partial charge on any atom is 0.203 e. The molecule has 5 rings (SSSR count). The minimum Gasteiger partial charge on any atom is -0.493 e. The maximum atomic E-state index is 5.59. The zero-order chi connectivity index (χ0) is 22.1. The van der Waals surface area contributed by atoms with Crippen LogP contribution >= 0.6 is 0 Å². The van der Waals surface area contributed by atoms with Crippen LogP contribution in [0.4, 0.5) is 5.69 Å². The number of nitrogens with one attached hydrogen (secondary N) is 1. The molecule has 0 radical (unpaired) electrons. The number of fused-ring (bicyclic) bond motifs is 1. The third-order valence-electron chi connectivity index (χ3n) is 5.67. The van der Waals surface area contributed by atoms with E-state index in [2.05, 4.69) is 17.1 Å². The smallest absolute Gasteiger partial charge is 0.203 e. The standard InChI is InChI=1S/C25H24N4O3/c1-30-22-13-16(14-23(31-2)24(22)32-3)21-15-20(28-29(21)17-9-5-4-6-10-17)25-26-18-11-7-8-12-19(18)27-25/h4-14,21H,15H2,1-3H3,(H,26,27). The van der Waals surface area contributed by atoms with Crippen molar-refractivity contribution in [1.82, 2.24) is 9.97 Å². The quantitative estimate of drug-likeness (QED) is 0.471. The number of ether oxygens (including phenoxy) is 3. The number of anilines is 1. The van der Waals surface area contributed by atoms with Gasteiger partial charge in [-0.25, -0.2) is 4.98 Å². The molecule has 3 aromatic carbocycles. The van der Waals surface area contributed by atoms with Crippen molar-refractivity contribution >= 4 is 22.4 Å². The van der Waals surface area contributed by atoms with Crippen LogP contribution < -0.4 is 19.2 Å². The Labute approximate surface area is 186 Å². The van der Waals surface area contributed by atoms with E-state index in [1.165, 1.54) is 0 Å². The van der Waals surface area contributed by atoms with Crippen molar-refractivity contribution < 1.29 is 14.2 Å². The van der Waals surface area contributed by atoms with Gasteiger partial charge in [-0.1, -0.05) is 30.3 Å². The van der Waals surface area contributed by atoms with Crippen LogP contribution in [0.1, 0.15) is 23.9 Å². The highest BCUT2D eigenvalue weighted by Gasteiger charge is 2.32. The van der Waals surface area contributed by atoms with Crippen LogP contribution in [0.3, 0.4) is 0 Å². The summed E-state index contributed by atoms with van der Waals surface area (Å²) in [4.78, 5) is 8.17. The summed E-state index contributed by atoms with van der Waals surface area (Å²) in [5.74, 6) is 2.59. The molecular formula is C25H24N4O3. The third kappa shape index (κ3) is 3.41. The normalized spacial score (nSPS) is 15.7. The maximum absolute atomic E-state index is 5.59. The van der Waals surface area contributed by atoms with Crippen LogP contribution in [-0.2, 0) is 0 Å². The second-order valence-electron chi connectivity index (χ2n) is 7.51. The molecule has 1 N–H and O–H groups in total. The zero-order valence-corrected chi connectivity index (χ0v) is 18.2. The van der Waals surface area contributed by atoms with Gasteiger partial charge in [-0.15, -0.1) is 0 Å². The molecule has 0 amide bonds. The predicted octanol–water partition coefficient (Wildman–Crippen LogP) is 4.94. The predicted molar refractivity (Wildman–Crippen MR) is 125 cm³/mol. The van der Waals surface area contributed by atoms with Crippen LogP contribution in [0.2, 0.25) is 0 Å². The lowest BCUT2D eigenvalue weighted by atomic mass is 10.00. The summed E-state index contributed by atoms with van der Waals surface area (Å²) in [6.07, 6.45) is 0.674. The third-order valence-corrected chi connectivity index (χ3v) is 5.67. The molecule has 0 bridgehead atoms. The summed E-state index contributed by atoms with van der Waals surface area (Å²) in [6, 6.07) is 22.0. The zero-order valence-electron chi connectivity index (χ0n) is 18.2. The minimum absolute atomic E-state index is 0.0608. The first-order valence-electron chi connectivity index (χ1n) is 10.4. The van der Waals surface area contributed by atoms with E-state index in [1.807, 2.05) is 59.6 Å². The number of H-pyrrole nitrogens is 1. The average molecular weight is 428 g/mol.